The number of allylic oxidation sites excluding steroid dienone is 2. The molecule has 0 fully saturated rings. The highest BCUT2D eigenvalue weighted by Crippen LogP contribution is 2.30. The van der Waals surface area contributed by atoms with E-state index >= 15 is 0 Å². The van der Waals surface area contributed by atoms with Crippen molar-refractivity contribution in [2.75, 3.05) is 39.5 Å². The summed E-state index contributed by atoms with van der Waals surface area (Å²) >= 11 is 1.84. The summed E-state index contributed by atoms with van der Waals surface area (Å²) in [6, 6.07) is 4.33. The van der Waals surface area contributed by atoms with Gasteiger partial charge in [-0.15, -0.1) is 11.3 Å². The van der Waals surface area contributed by atoms with Crippen molar-refractivity contribution < 1.29 is 14.9 Å². The summed E-state index contributed by atoms with van der Waals surface area (Å²) in [5.41, 5.74) is 0.731. The van der Waals surface area contributed by atoms with Crippen LogP contribution in [0.2, 0.25) is 0 Å². The lowest BCUT2D eigenvalue weighted by Gasteiger charge is -2.32. The molecule has 1 aliphatic carbocycles. The van der Waals surface area contributed by atoms with Crippen LogP contribution in [0.4, 0.5) is 0 Å². The first-order chi connectivity index (χ1) is 13.8. The van der Waals surface area contributed by atoms with Gasteiger partial charge in [0, 0.05) is 30.1 Å². The summed E-state index contributed by atoms with van der Waals surface area (Å²) in [5.74, 6) is 0. The van der Waals surface area contributed by atoms with Crippen molar-refractivity contribution in [3.63, 3.8) is 0 Å². The fourth-order valence-electron chi connectivity index (χ4n) is 3.56. The molecule has 0 aromatic carbocycles. The van der Waals surface area contributed by atoms with Crippen molar-refractivity contribution in [2.24, 2.45) is 5.41 Å². The Morgan fingerprint density at radius 3 is 2.64 bits per heavy atom. The van der Waals surface area contributed by atoms with Gasteiger partial charge < -0.3 is 20.3 Å². The van der Waals surface area contributed by atoms with E-state index in [2.05, 4.69) is 28.9 Å². The molecule has 0 radical (unpaired) electrons. The molecule has 28 heavy (non-hydrogen) atoms. The topological polar surface area (TPSA) is 61.7 Å². The molecule has 0 amide bonds. The second kappa shape index (κ2) is 14.1. The molecule has 1 unspecified atom stereocenters. The number of thiophene rings is 1. The van der Waals surface area contributed by atoms with Crippen LogP contribution in [0, 0.1) is 5.41 Å². The number of nitrogens with one attached hydrogen (secondary N) is 1. The number of ether oxygens (including phenoxy) is 1. The molecule has 0 bridgehead atoms. The fourth-order valence-corrected chi connectivity index (χ4v) is 4.31. The molecule has 0 aliphatic heterocycles. The van der Waals surface area contributed by atoms with Crippen molar-refractivity contribution in [3.8, 4) is 0 Å². The Hall–Kier alpha value is -0.980. The van der Waals surface area contributed by atoms with Crippen molar-refractivity contribution in [1.82, 2.24) is 5.32 Å². The van der Waals surface area contributed by atoms with Crippen molar-refractivity contribution >= 4 is 11.3 Å². The van der Waals surface area contributed by atoms with E-state index in [0.29, 0.717) is 0 Å². The van der Waals surface area contributed by atoms with Crippen LogP contribution in [-0.2, 0) is 11.2 Å². The fraction of sp³-hybridized carbons (Fsp3) is 0.652. The Kier molecular flexibility index (Phi) is 11.7. The summed E-state index contributed by atoms with van der Waals surface area (Å²) in [6.07, 6.45) is 14.9. The Morgan fingerprint density at radius 2 is 1.89 bits per heavy atom. The molecule has 4 nitrogen and oxygen atoms in total. The average molecular weight is 408 g/mol. The molecule has 1 aliphatic rings. The van der Waals surface area contributed by atoms with Gasteiger partial charge in [-0.05, 0) is 62.1 Å². The van der Waals surface area contributed by atoms with Gasteiger partial charge in [0.25, 0.3) is 0 Å². The third-order valence-corrected chi connectivity index (χ3v) is 6.23. The highest BCUT2D eigenvalue weighted by atomic mass is 32.1. The number of aliphatic hydroxyl groups excluding tert-OH is 2. The highest BCUT2D eigenvalue weighted by Gasteiger charge is 2.28. The smallest absolute Gasteiger partial charge is 0.0645 e. The first-order valence-electron chi connectivity index (χ1n) is 10.7. The van der Waals surface area contributed by atoms with Crippen LogP contribution in [0.25, 0.3) is 0 Å². The van der Waals surface area contributed by atoms with Gasteiger partial charge in [0.15, 0.2) is 0 Å². The SMILES string of the molecule is OCC1=CC=CC(CO)(CNCCCCCCOCCCCc2cccs2)C1. The Labute approximate surface area is 174 Å². The first-order valence-corrected chi connectivity index (χ1v) is 11.6. The first kappa shape index (κ1) is 23.3. The molecule has 1 aromatic rings. The van der Waals surface area contributed by atoms with Gasteiger partial charge in [0.1, 0.15) is 0 Å². The molecule has 0 spiro atoms. The van der Waals surface area contributed by atoms with Crippen LogP contribution in [0.1, 0.15) is 49.8 Å². The molecule has 0 saturated heterocycles. The molecule has 3 N–H and O–H groups in total. The van der Waals surface area contributed by atoms with Gasteiger partial charge in [0.05, 0.1) is 13.2 Å². The van der Waals surface area contributed by atoms with Gasteiger partial charge in [0.2, 0.25) is 0 Å². The molecule has 5 heteroatoms. The minimum atomic E-state index is -0.260. The van der Waals surface area contributed by atoms with Gasteiger partial charge in [-0.1, -0.05) is 37.1 Å². The van der Waals surface area contributed by atoms with E-state index in [1.807, 2.05) is 23.5 Å². The highest BCUT2D eigenvalue weighted by molar-refractivity contribution is 7.09. The number of hydrogen-bond acceptors (Lipinski definition) is 5. The predicted octanol–water partition coefficient (Wildman–Crippen LogP) is 4.09. The van der Waals surface area contributed by atoms with Gasteiger partial charge in [-0.2, -0.15) is 0 Å². The summed E-state index contributed by atoms with van der Waals surface area (Å²) < 4.78 is 5.74. The molecular formula is C23H37NO3S. The lowest BCUT2D eigenvalue weighted by Crippen LogP contribution is -2.37. The van der Waals surface area contributed by atoms with Crippen LogP contribution >= 0.6 is 11.3 Å². The van der Waals surface area contributed by atoms with Crippen LogP contribution in [0.5, 0.6) is 0 Å². The van der Waals surface area contributed by atoms with Gasteiger partial charge >= 0.3 is 0 Å². The van der Waals surface area contributed by atoms with Gasteiger partial charge in [-0.25, -0.2) is 0 Å². The molecule has 1 atom stereocenters. The monoisotopic (exact) mass is 407 g/mol. The molecule has 1 aromatic heterocycles. The number of aryl methyl sites for hydroxylation is 1. The molecule has 0 saturated carbocycles. The predicted molar refractivity (Wildman–Crippen MR) is 118 cm³/mol. The normalized spacial score (nSPS) is 19.1. The summed E-state index contributed by atoms with van der Waals surface area (Å²) in [4.78, 5) is 1.48. The number of rotatable bonds is 16. The zero-order valence-electron chi connectivity index (χ0n) is 17.1. The largest absolute Gasteiger partial charge is 0.395 e. The van der Waals surface area contributed by atoms with Crippen LogP contribution in [0.3, 0.4) is 0 Å². The van der Waals surface area contributed by atoms with Crippen LogP contribution < -0.4 is 5.32 Å². The summed E-state index contributed by atoms with van der Waals surface area (Å²) in [7, 11) is 0. The Bertz CT molecular complexity index is 570. The van der Waals surface area contributed by atoms with E-state index in [0.717, 1.165) is 57.6 Å². The maximum Gasteiger partial charge on any atom is 0.0645 e. The molecular weight excluding hydrogens is 370 g/mol. The second-order valence-electron chi connectivity index (χ2n) is 7.78. The zero-order valence-corrected chi connectivity index (χ0v) is 17.9. The second-order valence-corrected chi connectivity index (χ2v) is 8.81. The number of aliphatic hydroxyl groups is 2. The Balaban J connectivity index is 1.37. The number of hydrogen-bond donors (Lipinski definition) is 3. The number of unbranched alkanes of at least 4 members (excludes halogenated alkanes) is 4. The van der Waals surface area contributed by atoms with E-state index in [1.165, 1.54) is 30.6 Å². The Morgan fingerprint density at radius 1 is 1.07 bits per heavy atom. The zero-order chi connectivity index (χ0) is 19.9. The van der Waals surface area contributed by atoms with Gasteiger partial charge in [-0.3, -0.25) is 0 Å². The minimum Gasteiger partial charge on any atom is -0.395 e. The van der Waals surface area contributed by atoms with Crippen molar-refractivity contribution in [1.29, 1.82) is 0 Å². The standard InChI is InChI=1S/C23H37NO3S/c25-18-21-9-7-12-23(17-21,20-26)19-24-13-4-1-2-5-14-27-15-6-3-10-22-11-8-16-28-22/h7-9,11-12,16,24-26H,1-6,10,13-15,17-20H2. The van der Waals surface area contributed by atoms with Crippen LogP contribution in [0.15, 0.2) is 41.3 Å². The maximum absolute atomic E-state index is 9.77. The quantitative estimate of drug-likeness (QED) is 0.361. The van der Waals surface area contributed by atoms with E-state index in [9.17, 15) is 10.2 Å². The lowest BCUT2D eigenvalue weighted by atomic mass is 9.79. The minimum absolute atomic E-state index is 0.0722. The molecule has 1 heterocycles. The summed E-state index contributed by atoms with van der Waals surface area (Å²) in [6.45, 7) is 3.67. The van der Waals surface area contributed by atoms with E-state index in [4.69, 9.17) is 4.74 Å². The average Bonchev–Trinajstić information content (AvgIpc) is 3.25. The van der Waals surface area contributed by atoms with E-state index in [1.54, 1.807) is 0 Å². The van der Waals surface area contributed by atoms with E-state index in [-0.39, 0.29) is 18.6 Å². The molecule has 158 valence electrons. The van der Waals surface area contributed by atoms with Crippen molar-refractivity contribution in [2.45, 2.75) is 51.4 Å². The lowest BCUT2D eigenvalue weighted by molar-refractivity contribution is 0.126. The third-order valence-electron chi connectivity index (χ3n) is 5.29. The summed E-state index contributed by atoms with van der Waals surface area (Å²) in [5, 5.41) is 24.7. The van der Waals surface area contributed by atoms with Crippen LogP contribution in [-0.4, -0.2) is 49.7 Å². The molecule has 2 rings (SSSR count). The van der Waals surface area contributed by atoms with E-state index < -0.39 is 0 Å². The van der Waals surface area contributed by atoms with Crippen molar-refractivity contribution in [3.05, 3.63) is 46.2 Å². The maximum atomic E-state index is 9.77. The third kappa shape index (κ3) is 9.01.